The standard InChI is InChI=1S/C19H22N4O2/c1-12(18(24)21-13-7-3-4-8-13)23-16-10-6-5-9-14(16)15-11-20-22(2)19(25)17(15)23/h5-6,9-13H,3-4,7-8H2,1-2H3,(H,21,24)/t12-/m1/s1. The molecule has 2 heterocycles. The van der Waals surface area contributed by atoms with Gasteiger partial charge in [-0.25, -0.2) is 4.68 Å². The maximum absolute atomic E-state index is 12.8. The van der Waals surface area contributed by atoms with E-state index in [9.17, 15) is 9.59 Å². The topological polar surface area (TPSA) is 68.9 Å². The first-order valence-corrected chi connectivity index (χ1v) is 8.83. The van der Waals surface area contributed by atoms with E-state index in [-0.39, 0.29) is 17.5 Å². The van der Waals surface area contributed by atoms with Gasteiger partial charge in [-0.1, -0.05) is 31.0 Å². The van der Waals surface area contributed by atoms with Crippen LogP contribution in [0.1, 0.15) is 38.6 Å². The third-order valence-corrected chi connectivity index (χ3v) is 5.27. The van der Waals surface area contributed by atoms with Crippen LogP contribution >= 0.6 is 0 Å². The minimum absolute atomic E-state index is 0.0339. The molecular weight excluding hydrogens is 316 g/mol. The molecule has 1 atom stereocenters. The summed E-state index contributed by atoms with van der Waals surface area (Å²) in [6.07, 6.45) is 6.12. The van der Waals surface area contributed by atoms with Crippen LogP contribution in [0.15, 0.2) is 35.3 Å². The predicted octanol–water partition coefficient (Wildman–Crippen LogP) is 2.51. The SMILES string of the molecule is C[C@H](C(=O)NC1CCCC1)n1c2ccccc2c2cnn(C)c(=O)c21. The maximum atomic E-state index is 12.8. The van der Waals surface area contributed by atoms with Crippen LogP contribution in [0.25, 0.3) is 21.8 Å². The molecule has 6 heteroatoms. The van der Waals surface area contributed by atoms with Gasteiger partial charge >= 0.3 is 0 Å². The van der Waals surface area contributed by atoms with Crippen molar-refractivity contribution in [2.24, 2.45) is 7.05 Å². The van der Waals surface area contributed by atoms with Crippen LogP contribution in [-0.4, -0.2) is 26.3 Å². The molecule has 1 fully saturated rings. The van der Waals surface area contributed by atoms with Crippen LogP contribution in [0.2, 0.25) is 0 Å². The Kier molecular flexibility index (Phi) is 3.82. The van der Waals surface area contributed by atoms with Crippen molar-refractivity contribution in [1.29, 1.82) is 0 Å². The molecule has 1 aromatic carbocycles. The first-order chi connectivity index (χ1) is 12.1. The number of carbonyl (C=O) groups is 1. The monoisotopic (exact) mass is 338 g/mol. The fourth-order valence-electron chi connectivity index (χ4n) is 3.90. The van der Waals surface area contributed by atoms with E-state index in [1.165, 1.54) is 17.5 Å². The van der Waals surface area contributed by atoms with Gasteiger partial charge in [0.2, 0.25) is 5.91 Å². The Morgan fingerprint density at radius 3 is 2.72 bits per heavy atom. The summed E-state index contributed by atoms with van der Waals surface area (Å²) in [6, 6.07) is 7.58. The van der Waals surface area contributed by atoms with Gasteiger partial charge in [-0.2, -0.15) is 5.10 Å². The Bertz CT molecular complexity index is 1010. The van der Waals surface area contributed by atoms with Crippen LogP contribution in [0, 0.1) is 0 Å². The molecule has 1 aliphatic carbocycles. The molecule has 1 amide bonds. The molecule has 6 nitrogen and oxygen atoms in total. The number of hydrogen-bond acceptors (Lipinski definition) is 3. The zero-order chi connectivity index (χ0) is 17.6. The second kappa shape index (κ2) is 6.02. The van der Waals surface area contributed by atoms with Crippen molar-refractivity contribution >= 4 is 27.7 Å². The van der Waals surface area contributed by atoms with E-state index >= 15 is 0 Å². The van der Waals surface area contributed by atoms with E-state index in [2.05, 4.69) is 10.4 Å². The van der Waals surface area contributed by atoms with Crippen molar-refractivity contribution in [3.63, 3.8) is 0 Å². The van der Waals surface area contributed by atoms with Crippen molar-refractivity contribution in [1.82, 2.24) is 19.7 Å². The molecule has 0 saturated heterocycles. The van der Waals surface area contributed by atoms with Gasteiger partial charge < -0.3 is 9.88 Å². The second-order valence-electron chi connectivity index (χ2n) is 6.89. The first-order valence-electron chi connectivity index (χ1n) is 8.83. The molecule has 0 aliphatic heterocycles. The highest BCUT2D eigenvalue weighted by molar-refractivity contribution is 6.08. The van der Waals surface area contributed by atoms with Gasteiger partial charge in [0, 0.05) is 23.9 Å². The summed E-state index contributed by atoms with van der Waals surface area (Å²) in [4.78, 5) is 25.6. The molecule has 1 saturated carbocycles. The largest absolute Gasteiger partial charge is 0.352 e. The van der Waals surface area contributed by atoms with Gasteiger partial charge in [0.05, 0.1) is 11.7 Å². The van der Waals surface area contributed by atoms with E-state index in [0.717, 1.165) is 29.1 Å². The molecule has 130 valence electrons. The quantitative estimate of drug-likeness (QED) is 0.798. The maximum Gasteiger partial charge on any atom is 0.291 e. The predicted molar refractivity (Wildman–Crippen MR) is 97.6 cm³/mol. The van der Waals surface area contributed by atoms with Crippen LogP contribution in [0.4, 0.5) is 0 Å². The van der Waals surface area contributed by atoms with E-state index < -0.39 is 6.04 Å². The Hall–Kier alpha value is -2.63. The van der Waals surface area contributed by atoms with Crippen molar-refractivity contribution in [3.05, 3.63) is 40.8 Å². The Morgan fingerprint density at radius 1 is 1.24 bits per heavy atom. The molecule has 0 radical (unpaired) electrons. The van der Waals surface area contributed by atoms with Crippen LogP contribution in [-0.2, 0) is 11.8 Å². The van der Waals surface area contributed by atoms with Crippen LogP contribution in [0.5, 0.6) is 0 Å². The van der Waals surface area contributed by atoms with Crippen molar-refractivity contribution in [2.75, 3.05) is 0 Å². The van der Waals surface area contributed by atoms with E-state index in [4.69, 9.17) is 0 Å². The number of aromatic nitrogens is 3. The molecule has 3 aromatic rings. The summed E-state index contributed by atoms with van der Waals surface area (Å²) in [5, 5.41) is 9.03. The summed E-state index contributed by atoms with van der Waals surface area (Å²) in [5.74, 6) is -0.0339. The molecule has 1 N–H and O–H groups in total. The normalized spacial score (nSPS) is 16.6. The number of nitrogens with one attached hydrogen (secondary N) is 1. The summed E-state index contributed by atoms with van der Waals surface area (Å²) in [6.45, 7) is 1.86. The zero-order valence-electron chi connectivity index (χ0n) is 14.5. The van der Waals surface area contributed by atoms with E-state index in [1.807, 2.05) is 35.8 Å². The molecule has 0 bridgehead atoms. The number of carbonyl (C=O) groups excluding carboxylic acids is 1. The van der Waals surface area contributed by atoms with E-state index in [0.29, 0.717) is 5.52 Å². The van der Waals surface area contributed by atoms with Crippen molar-refractivity contribution in [3.8, 4) is 0 Å². The average Bonchev–Trinajstić information content (AvgIpc) is 3.23. The number of nitrogens with zero attached hydrogens (tertiary/aromatic N) is 3. The zero-order valence-corrected chi connectivity index (χ0v) is 14.5. The van der Waals surface area contributed by atoms with Crippen molar-refractivity contribution in [2.45, 2.75) is 44.7 Å². The lowest BCUT2D eigenvalue weighted by Crippen LogP contribution is -2.38. The number of amides is 1. The smallest absolute Gasteiger partial charge is 0.291 e. The molecular formula is C19H22N4O2. The van der Waals surface area contributed by atoms with Gasteiger partial charge in [-0.15, -0.1) is 0 Å². The molecule has 25 heavy (non-hydrogen) atoms. The number of benzene rings is 1. The Labute approximate surface area is 145 Å². The van der Waals surface area contributed by atoms with Gasteiger partial charge in [-0.3, -0.25) is 9.59 Å². The van der Waals surface area contributed by atoms with Gasteiger partial charge in [-0.05, 0) is 25.8 Å². The lowest BCUT2D eigenvalue weighted by molar-refractivity contribution is -0.124. The van der Waals surface area contributed by atoms with E-state index in [1.54, 1.807) is 13.2 Å². The first kappa shape index (κ1) is 15.9. The molecule has 4 rings (SSSR count). The highest BCUT2D eigenvalue weighted by Gasteiger charge is 2.25. The molecule has 0 unspecified atom stereocenters. The minimum Gasteiger partial charge on any atom is -0.352 e. The molecule has 2 aromatic heterocycles. The number of para-hydroxylation sites is 1. The highest BCUT2D eigenvalue weighted by atomic mass is 16.2. The lowest BCUT2D eigenvalue weighted by atomic mass is 10.2. The van der Waals surface area contributed by atoms with Crippen molar-refractivity contribution < 1.29 is 4.79 Å². The van der Waals surface area contributed by atoms with Gasteiger partial charge in [0.25, 0.3) is 5.56 Å². The number of aryl methyl sites for hydroxylation is 1. The Balaban J connectivity index is 1.88. The lowest BCUT2D eigenvalue weighted by Gasteiger charge is -2.19. The van der Waals surface area contributed by atoms with Gasteiger partial charge in [0.1, 0.15) is 11.6 Å². The summed E-state index contributed by atoms with van der Waals surface area (Å²) < 4.78 is 3.18. The number of rotatable bonds is 3. The summed E-state index contributed by atoms with van der Waals surface area (Å²) >= 11 is 0. The number of hydrogen-bond donors (Lipinski definition) is 1. The molecule has 1 aliphatic rings. The van der Waals surface area contributed by atoms with Crippen LogP contribution in [0.3, 0.4) is 0 Å². The fraction of sp³-hybridized carbons (Fsp3) is 0.421. The average molecular weight is 338 g/mol. The molecule has 0 spiro atoms. The minimum atomic E-state index is -0.460. The third-order valence-electron chi connectivity index (χ3n) is 5.27. The summed E-state index contributed by atoms with van der Waals surface area (Å²) in [7, 11) is 1.63. The Morgan fingerprint density at radius 2 is 1.96 bits per heavy atom. The van der Waals surface area contributed by atoms with Crippen LogP contribution < -0.4 is 10.9 Å². The van der Waals surface area contributed by atoms with Gasteiger partial charge in [0.15, 0.2) is 0 Å². The highest BCUT2D eigenvalue weighted by Crippen LogP contribution is 2.29. The third kappa shape index (κ3) is 2.52. The number of fused-ring (bicyclic) bond motifs is 3. The summed E-state index contributed by atoms with van der Waals surface area (Å²) in [5.41, 5.74) is 1.23. The fourth-order valence-corrected chi connectivity index (χ4v) is 3.90. The second-order valence-corrected chi connectivity index (χ2v) is 6.89.